The fourth-order valence-corrected chi connectivity index (χ4v) is 4.72. The Labute approximate surface area is 230 Å². The third kappa shape index (κ3) is 6.55. The number of hydrazone groups is 1. The van der Waals surface area contributed by atoms with Crippen molar-refractivity contribution >= 4 is 51.2 Å². The normalized spacial score (nSPS) is 11.8. The molecular weight excluding hydrogens is 574 g/mol. The van der Waals surface area contributed by atoms with Gasteiger partial charge in [0.1, 0.15) is 0 Å². The molecule has 3 N–H and O–H groups in total. The number of phenols is 1. The molecule has 194 valence electrons. The average molecular weight is 596 g/mol. The molecule has 0 saturated carbocycles. The molecule has 1 unspecified atom stereocenters. The van der Waals surface area contributed by atoms with Gasteiger partial charge in [-0.1, -0.05) is 64.1 Å². The highest BCUT2D eigenvalue weighted by Crippen LogP contribution is 2.32. The van der Waals surface area contributed by atoms with Crippen molar-refractivity contribution in [3.05, 3.63) is 98.8 Å². The number of hydrogen-bond acceptors (Lipinski definition) is 9. The minimum Gasteiger partial charge on any atom is -0.502 e. The van der Waals surface area contributed by atoms with Crippen molar-refractivity contribution in [2.45, 2.75) is 23.9 Å². The van der Waals surface area contributed by atoms with E-state index < -0.39 is 27.5 Å². The van der Waals surface area contributed by atoms with Gasteiger partial charge >= 0.3 is 5.69 Å². The highest BCUT2D eigenvalue weighted by Gasteiger charge is 2.21. The van der Waals surface area contributed by atoms with Crippen LogP contribution in [0, 0.1) is 10.1 Å². The topological polar surface area (TPSA) is 148 Å². The van der Waals surface area contributed by atoms with Crippen LogP contribution in [-0.4, -0.2) is 42.2 Å². The molecule has 0 bridgehead atoms. The maximum absolute atomic E-state index is 12.7. The summed E-state index contributed by atoms with van der Waals surface area (Å²) in [6.07, 6.45) is 1.14. The minimum atomic E-state index is -0.707. The van der Waals surface area contributed by atoms with Gasteiger partial charge in [0.25, 0.3) is 5.91 Å². The van der Waals surface area contributed by atoms with Gasteiger partial charge in [-0.15, -0.1) is 10.2 Å². The first-order valence-corrected chi connectivity index (χ1v) is 13.0. The summed E-state index contributed by atoms with van der Waals surface area (Å²) in [6.45, 7) is 2.11. The summed E-state index contributed by atoms with van der Waals surface area (Å²) in [5, 5.41) is 37.0. The van der Waals surface area contributed by atoms with E-state index in [1.54, 1.807) is 6.92 Å². The van der Waals surface area contributed by atoms with Crippen LogP contribution in [0.25, 0.3) is 5.69 Å². The van der Waals surface area contributed by atoms with Gasteiger partial charge in [-0.25, -0.2) is 5.43 Å². The molecule has 1 heterocycles. The number of phenolic OH excluding ortho intramolecular Hbond substituents is 1. The third-order valence-corrected chi connectivity index (χ3v) is 6.75. The number of rotatable bonds is 10. The van der Waals surface area contributed by atoms with E-state index in [0.717, 1.165) is 17.6 Å². The van der Waals surface area contributed by atoms with Crippen LogP contribution >= 0.6 is 27.7 Å². The molecule has 0 radical (unpaired) electrons. The lowest BCUT2D eigenvalue weighted by Gasteiger charge is -2.13. The second kappa shape index (κ2) is 12.3. The number of carbonyl (C=O) groups is 1. The van der Waals surface area contributed by atoms with Crippen molar-refractivity contribution in [1.29, 1.82) is 0 Å². The molecule has 0 saturated heterocycles. The van der Waals surface area contributed by atoms with Crippen LogP contribution in [0.3, 0.4) is 0 Å². The van der Waals surface area contributed by atoms with Gasteiger partial charge in [-0.05, 0) is 37.3 Å². The highest BCUT2D eigenvalue weighted by atomic mass is 79.9. The molecule has 0 spiro atoms. The monoisotopic (exact) mass is 595 g/mol. The SMILES string of the molecule is CC(Sc1nnc(CNc2ccccc2)n1-c1ccccc1)C(=O)N/N=C\c1cc(Br)cc([N+](=O)[O-])c1O. The van der Waals surface area contributed by atoms with E-state index >= 15 is 0 Å². The first kappa shape index (κ1) is 26.8. The van der Waals surface area contributed by atoms with E-state index in [9.17, 15) is 20.0 Å². The van der Waals surface area contributed by atoms with Gasteiger partial charge < -0.3 is 10.4 Å². The zero-order chi connectivity index (χ0) is 27.1. The summed E-state index contributed by atoms with van der Waals surface area (Å²) in [7, 11) is 0. The minimum absolute atomic E-state index is 0.0751. The number of nitro groups is 1. The van der Waals surface area contributed by atoms with Crippen LogP contribution < -0.4 is 10.7 Å². The summed E-state index contributed by atoms with van der Waals surface area (Å²) in [6, 6.07) is 21.9. The quantitative estimate of drug-likeness (QED) is 0.102. The van der Waals surface area contributed by atoms with Crippen molar-refractivity contribution in [2.75, 3.05) is 5.32 Å². The molecule has 3 aromatic carbocycles. The average Bonchev–Trinajstić information content (AvgIpc) is 3.32. The number of carbonyl (C=O) groups excluding carboxylic acids is 1. The van der Waals surface area contributed by atoms with Crippen LogP contribution in [0.5, 0.6) is 5.75 Å². The van der Waals surface area contributed by atoms with Gasteiger partial charge in [0.2, 0.25) is 5.75 Å². The number of benzene rings is 3. The van der Waals surface area contributed by atoms with Gasteiger partial charge in [-0.2, -0.15) is 5.10 Å². The number of thioether (sulfide) groups is 1. The number of amides is 1. The Morgan fingerprint density at radius 1 is 1.18 bits per heavy atom. The summed E-state index contributed by atoms with van der Waals surface area (Å²) in [4.78, 5) is 23.1. The number of nitro benzene ring substituents is 1. The maximum Gasteiger partial charge on any atom is 0.312 e. The van der Waals surface area contributed by atoms with E-state index in [4.69, 9.17) is 0 Å². The molecule has 1 aromatic heterocycles. The lowest BCUT2D eigenvalue weighted by Crippen LogP contribution is -2.27. The molecule has 0 fully saturated rings. The molecule has 4 aromatic rings. The standard InChI is InChI=1S/C25H22BrN7O4S/c1-16(24(35)30-28-14-17-12-18(26)13-21(23(17)34)33(36)37)38-25-31-29-22(15-27-19-8-4-2-5-9-19)32(25)20-10-6-3-7-11-20/h2-14,16,27,34H,15H2,1H3,(H,30,35)/b28-14-. The lowest BCUT2D eigenvalue weighted by atomic mass is 10.2. The third-order valence-electron chi connectivity index (χ3n) is 5.25. The van der Waals surface area contributed by atoms with E-state index in [1.807, 2.05) is 65.2 Å². The van der Waals surface area contributed by atoms with E-state index in [2.05, 4.69) is 42.0 Å². The Morgan fingerprint density at radius 3 is 2.55 bits per heavy atom. The molecule has 13 heteroatoms. The zero-order valence-electron chi connectivity index (χ0n) is 20.0. The van der Waals surface area contributed by atoms with Gasteiger partial charge in [0, 0.05) is 27.5 Å². The molecule has 0 aliphatic heterocycles. The predicted octanol–water partition coefficient (Wildman–Crippen LogP) is 4.89. The van der Waals surface area contributed by atoms with E-state index in [0.29, 0.717) is 22.0 Å². The highest BCUT2D eigenvalue weighted by molar-refractivity contribution is 9.10. The van der Waals surface area contributed by atoms with Crippen LogP contribution in [0.15, 0.2) is 87.5 Å². The number of aromatic hydroxyl groups is 1. The summed E-state index contributed by atoms with van der Waals surface area (Å²) in [5.74, 6) is -0.312. The number of aromatic nitrogens is 3. The Balaban J connectivity index is 1.48. The first-order valence-electron chi connectivity index (χ1n) is 11.3. The van der Waals surface area contributed by atoms with Crippen molar-refractivity contribution < 1.29 is 14.8 Å². The van der Waals surface area contributed by atoms with Crippen LogP contribution in [0.4, 0.5) is 11.4 Å². The van der Waals surface area contributed by atoms with Crippen LogP contribution in [0.1, 0.15) is 18.3 Å². The number of hydrogen-bond donors (Lipinski definition) is 3. The summed E-state index contributed by atoms with van der Waals surface area (Å²) < 4.78 is 2.27. The van der Waals surface area contributed by atoms with Crippen LogP contribution in [0.2, 0.25) is 0 Å². The Hall–Kier alpha value is -4.23. The maximum atomic E-state index is 12.7. The Bertz CT molecular complexity index is 1470. The van der Waals surface area contributed by atoms with Gasteiger partial charge in [-0.3, -0.25) is 19.5 Å². The zero-order valence-corrected chi connectivity index (χ0v) is 22.4. The van der Waals surface area contributed by atoms with Gasteiger partial charge in [0.15, 0.2) is 11.0 Å². The molecule has 38 heavy (non-hydrogen) atoms. The Kier molecular flexibility index (Phi) is 8.71. The van der Waals surface area contributed by atoms with Crippen molar-refractivity contribution in [1.82, 2.24) is 20.2 Å². The van der Waals surface area contributed by atoms with E-state index in [-0.39, 0.29) is 5.56 Å². The molecule has 4 rings (SSSR count). The van der Waals surface area contributed by atoms with Crippen molar-refractivity contribution in [2.24, 2.45) is 5.10 Å². The molecular formula is C25H22BrN7O4S. The number of nitrogens with one attached hydrogen (secondary N) is 2. The Morgan fingerprint density at radius 2 is 1.87 bits per heavy atom. The number of nitrogens with zero attached hydrogens (tertiary/aromatic N) is 5. The summed E-state index contributed by atoms with van der Waals surface area (Å²) >= 11 is 4.36. The molecule has 1 amide bonds. The van der Waals surface area contributed by atoms with Crippen molar-refractivity contribution in [3.63, 3.8) is 0 Å². The molecule has 0 aliphatic carbocycles. The van der Waals surface area contributed by atoms with Gasteiger partial charge in [0.05, 0.1) is 22.9 Å². The largest absolute Gasteiger partial charge is 0.502 e. The van der Waals surface area contributed by atoms with Crippen LogP contribution in [-0.2, 0) is 11.3 Å². The molecule has 1 atom stereocenters. The van der Waals surface area contributed by atoms with E-state index in [1.165, 1.54) is 23.9 Å². The predicted molar refractivity (Wildman–Crippen MR) is 149 cm³/mol. The number of para-hydroxylation sites is 2. The fourth-order valence-electron chi connectivity index (χ4n) is 3.38. The fraction of sp³-hybridized carbons (Fsp3) is 0.120. The lowest BCUT2D eigenvalue weighted by molar-refractivity contribution is -0.385. The molecule has 0 aliphatic rings. The summed E-state index contributed by atoms with van der Waals surface area (Å²) in [5.41, 5.74) is 3.79. The smallest absolute Gasteiger partial charge is 0.312 e. The number of halogens is 1. The second-order valence-corrected chi connectivity index (χ2v) is 10.1. The first-order chi connectivity index (χ1) is 18.3. The number of anilines is 1. The molecule has 11 nitrogen and oxygen atoms in total. The second-order valence-electron chi connectivity index (χ2n) is 7.90. The van der Waals surface area contributed by atoms with Crippen molar-refractivity contribution in [3.8, 4) is 11.4 Å².